The molecule has 0 aliphatic carbocycles. The zero-order valence-electron chi connectivity index (χ0n) is 8.71. The molecule has 2 atom stereocenters. The highest BCUT2D eigenvalue weighted by Crippen LogP contribution is 2.30. The number of alkyl halides is 2. The van der Waals surface area contributed by atoms with Crippen molar-refractivity contribution in [3.05, 3.63) is 35.4 Å². The summed E-state index contributed by atoms with van der Waals surface area (Å²) in [5.74, 6) is 0.586. The van der Waals surface area contributed by atoms with Crippen LogP contribution >= 0.6 is 0 Å². The molecule has 1 aromatic carbocycles. The lowest BCUT2D eigenvalue weighted by Gasteiger charge is -2.16. The summed E-state index contributed by atoms with van der Waals surface area (Å²) in [7, 11) is 0. The van der Waals surface area contributed by atoms with Crippen LogP contribution in [-0.4, -0.2) is 6.54 Å². The fraction of sp³-hybridized carbons (Fsp3) is 0.500. The summed E-state index contributed by atoms with van der Waals surface area (Å²) in [6, 6.07) is 6.98. The second kappa shape index (κ2) is 4.27. The standard InChI is InChI=1S/C12H15F2N/c1-8-6-7-15-11(8)9-2-4-10(5-3-9)12(13)14/h2-5,8,11-12,15H,6-7H2,1H3. The zero-order chi connectivity index (χ0) is 10.8. The Morgan fingerprint density at radius 1 is 1.27 bits per heavy atom. The topological polar surface area (TPSA) is 12.0 Å². The third kappa shape index (κ3) is 2.17. The Morgan fingerprint density at radius 3 is 2.40 bits per heavy atom. The largest absolute Gasteiger partial charge is 0.310 e. The van der Waals surface area contributed by atoms with Crippen LogP contribution in [0.5, 0.6) is 0 Å². The van der Waals surface area contributed by atoms with Gasteiger partial charge < -0.3 is 5.32 Å². The van der Waals surface area contributed by atoms with Crippen LogP contribution < -0.4 is 5.32 Å². The molecule has 2 rings (SSSR count). The van der Waals surface area contributed by atoms with Crippen molar-refractivity contribution < 1.29 is 8.78 Å². The Morgan fingerprint density at radius 2 is 1.93 bits per heavy atom. The quantitative estimate of drug-likeness (QED) is 0.791. The van der Waals surface area contributed by atoms with Crippen molar-refractivity contribution in [3.8, 4) is 0 Å². The number of nitrogens with one attached hydrogen (secondary N) is 1. The van der Waals surface area contributed by atoms with Gasteiger partial charge in [0.15, 0.2) is 0 Å². The molecule has 0 amide bonds. The van der Waals surface area contributed by atoms with Crippen molar-refractivity contribution in [1.29, 1.82) is 0 Å². The predicted molar refractivity (Wildman–Crippen MR) is 55.9 cm³/mol. The minimum absolute atomic E-state index is 0.101. The molecule has 0 radical (unpaired) electrons. The molecular formula is C12H15F2N. The van der Waals surface area contributed by atoms with Gasteiger partial charge in [-0.15, -0.1) is 0 Å². The van der Waals surface area contributed by atoms with Gasteiger partial charge in [-0.1, -0.05) is 31.2 Å². The smallest absolute Gasteiger partial charge is 0.263 e. The third-order valence-electron chi connectivity index (χ3n) is 3.08. The molecule has 82 valence electrons. The molecule has 15 heavy (non-hydrogen) atoms. The van der Waals surface area contributed by atoms with Crippen LogP contribution in [0.15, 0.2) is 24.3 Å². The van der Waals surface area contributed by atoms with Crippen LogP contribution in [0.4, 0.5) is 8.78 Å². The fourth-order valence-corrected chi connectivity index (χ4v) is 2.13. The maximum absolute atomic E-state index is 12.3. The van der Waals surface area contributed by atoms with Gasteiger partial charge in [0.1, 0.15) is 0 Å². The van der Waals surface area contributed by atoms with E-state index in [9.17, 15) is 8.78 Å². The van der Waals surface area contributed by atoms with E-state index in [2.05, 4.69) is 12.2 Å². The Hall–Kier alpha value is -0.960. The average Bonchev–Trinajstić information content (AvgIpc) is 2.65. The third-order valence-corrected chi connectivity index (χ3v) is 3.08. The Bertz CT molecular complexity index is 321. The number of hydrogen-bond acceptors (Lipinski definition) is 1. The van der Waals surface area contributed by atoms with E-state index in [0.29, 0.717) is 12.0 Å². The summed E-state index contributed by atoms with van der Waals surface area (Å²) in [4.78, 5) is 0. The molecule has 2 unspecified atom stereocenters. The second-order valence-electron chi connectivity index (χ2n) is 4.17. The lowest BCUT2D eigenvalue weighted by atomic mass is 9.95. The first kappa shape index (κ1) is 10.6. The SMILES string of the molecule is CC1CCNC1c1ccc(C(F)F)cc1. The highest BCUT2D eigenvalue weighted by Gasteiger charge is 2.24. The van der Waals surface area contributed by atoms with Crippen molar-refractivity contribution >= 4 is 0 Å². The molecule has 1 aliphatic rings. The fourth-order valence-electron chi connectivity index (χ4n) is 2.13. The summed E-state index contributed by atoms with van der Waals surface area (Å²) in [5.41, 5.74) is 1.22. The minimum atomic E-state index is -2.37. The molecule has 3 heteroatoms. The van der Waals surface area contributed by atoms with Crippen LogP contribution in [0.25, 0.3) is 0 Å². The van der Waals surface area contributed by atoms with Crippen molar-refractivity contribution in [3.63, 3.8) is 0 Å². The molecule has 0 bridgehead atoms. The van der Waals surface area contributed by atoms with Crippen molar-refractivity contribution in [2.75, 3.05) is 6.54 Å². The summed E-state index contributed by atoms with van der Waals surface area (Å²) in [6.07, 6.45) is -1.21. The van der Waals surface area contributed by atoms with Crippen molar-refractivity contribution in [2.45, 2.75) is 25.8 Å². The van der Waals surface area contributed by atoms with E-state index in [1.165, 1.54) is 12.1 Å². The lowest BCUT2D eigenvalue weighted by Crippen LogP contribution is -2.16. The first-order chi connectivity index (χ1) is 7.18. The van der Waals surface area contributed by atoms with Crippen LogP contribution in [0.1, 0.15) is 36.9 Å². The lowest BCUT2D eigenvalue weighted by molar-refractivity contribution is 0.151. The normalized spacial score (nSPS) is 26.1. The average molecular weight is 211 g/mol. The number of rotatable bonds is 2. The van der Waals surface area contributed by atoms with Crippen LogP contribution in [0, 0.1) is 5.92 Å². The maximum atomic E-state index is 12.3. The molecular weight excluding hydrogens is 196 g/mol. The van der Waals surface area contributed by atoms with Crippen LogP contribution in [0.3, 0.4) is 0 Å². The summed E-state index contributed by atoms with van der Waals surface area (Å²) in [5, 5.41) is 3.38. The van der Waals surface area contributed by atoms with Gasteiger partial charge in [-0.2, -0.15) is 0 Å². The summed E-state index contributed by atoms with van der Waals surface area (Å²) >= 11 is 0. The number of halogens is 2. The molecule has 1 nitrogen and oxygen atoms in total. The Labute approximate surface area is 88.5 Å². The highest BCUT2D eigenvalue weighted by molar-refractivity contribution is 5.26. The molecule has 1 N–H and O–H groups in total. The molecule has 0 aromatic heterocycles. The molecule has 0 saturated carbocycles. The van der Waals surface area contributed by atoms with Crippen molar-refractivity contribution in [2.24, 2.45) is 5.92 Å². The van der Waals surface area contributed by atoms with E-state index < -0.39 is 6.43 Å². The molecule has 1 fully saturated rings. The van der Waals surface area contributed by atoms with Gasteiger partial charge in [-0.3, -0.25) is 0 Å². The van der Waals surface area contributed by atoms with E-state index in [-0.39, 0.29) is 5.56 Å². The van der Waals surface area contributed by atoms with Crippen LogP contribution in [0.2, 0.25) is 0 Å². The van der Waals surface area contributed by atoms with Crippen LogP contribution in [-0.2, 0) is 0 Å². The van der Waals surface area contributed by atoms with E-state index in [0.717, 1.165) is 18.5 Å². The van der Waals surface area contributed by atoms with Gasteiger partial charge in [0.05, 0.1) is 0 Å². The Balaban J connectivity index is 2.16. The van der Waals surface area contributed by atoms with E-state index in [1.54, 1.807) is 12.1 Å². The minimum Gasteiger partial charge on any atom is -0.310 e. The first-order valence-electron chi connectivity index (χ1n) is 5.30. The highest BCUT2D eigenvalue weighted by atomic mass is 19.3. The van der Waals surface area contributed by atoms with Gasteiger partial charge >= 0.3 is 0 Å². The zero-order valence-corrected chi connectivity index (χ0v) is 8.71. The molecule has 0 spiro atoms. The van der Waals surface area contributed by atoms with E-state index in [1.807, 2.05) is 0 Å². The first-order valence-corrected chi connectivity index (χ1v) is 5.30. The summed E-state index contributed by atoms with van der Waals surface area (Å²) in [6.45, 7) is 3.20. The second-order valence-corrected chi connectivity index (χ2v) is 4.17. The maximum Gasteiger partial charge on any atom is 0.263 e. The predicted octanol–water partition coefficient (Wildman–Crippen LogP) is 3.29. The molecule has 1 aromatic rings. The molecule has 1 saturated heterocycles. The summed E-state index contributed by atoms with van der Waals surface area (Å²) < 4.78 is 24.7. The van der Waals surface area contributed by atoms with Gasteiger partial charge in [0.2, 0.25) is 0 Å². The monoisotopic (exact) mass is 211 g/mol. The van der Waals surface area contributed by atoms with Gasteiger partial charge in [0, 0.05) is 11.6 Å². The molecule has 1 heterocycles. The molecule has 1 aliphatic heterocycles. The van der Waals surface area contributed by atoms with Gasteiger partial charge in [-0.25, -0.2) is 8.78 Å². The Kier molecular flexibility index (Phi) is 3.00. The van der Waals surface area contributed by atoms with Crippen molar-refractivity contribution in [1.82, 2.24) is 5.32 Å². The van der Waals surface area contributed by atoms with Gasteiger partial charge in [0.25, 0.3) is 6.43 Å². The number of hydrogen-bond donors (Lipinski definition) is 1. The number of benzene rings is 1. The van der Waals surface area contributed by atoms with E-state index >= 15 is 0 Å². The van der Waals surface area contributed by atoms with Gasteiger partial charge in [-0.05, 0) is 24.4 Å². The van der Waals surface area contributed by atoms with E-state index in [4.69, 9.17) is 0 Å².